The first-order valence-corrected chi connectivity index (χ1v) is 10.5. The number of nitrogens with two attached hydrogens (primary N) is 1. The van der Waals surface area contributed by atoms with E-state index in [2.05, 4.69) is 21.4 Å². The van der Waals surface area contributed by atoms with Crippen LogP contribution in [-0.2, 0) is 19.4 Å². The second kappa shape index (κ2) is 8.13. The molecule has 7 heteroatoms. The number of aromatic nitrogens is 2. The van der Waals surface area contributed by atoms with Crippen LogP contribution in [0.25, 0.3) is 11.3 Å². The number of carbonyl (C=O) groups is 1. The van der Waals surface area contributed by atoms with Crippen LogP contribution in [0.1, 0.15) is 49.6 Å². The number of anilines is 1. The molecule has 29 heavy (non-hydrogen) atoms. The zero-order valence-electron chi connectivity index (χ0n) is 16.3. The van der Waals surface area contributed by atoms with Gasteiger partial charge in [0.05, 0.1) is 16.1 Å². The minimum absolute atomic E-state index is 0.0115. The summed E-state index contributed by atoms with van der Waals surface area (Å²) >= 11 is 1.63. The molecule has 1 aliphatic carbocycles. The van der Waals surface area contributed by atoms with Crippen molar-refractivity contribution < 1.29 is 4.79 Å². The number of nitrogens with one attached hydrogen (secondary N) is 2. The summed E-state index contributed by atoms with van der Waals surface area (Å²) in [4.78, 5) is 23.0. The molecular weight excluding hydrogens is 382 g/mol. The van der Waals surface area contributed by atoms with Crippen LogP contribution in [0.15, 0.2) is 30.6 Å². The van der Waals surface area contributed by atoms with Crippen molar-refractivity contribution in [1.82, 2.24) is 15.3 Å². The molecule has 1 amide bonds. The monoisotopic (exact) mass is 405 g/mol. The Bertz CT molecular complexity index is 1070. The summed E-state index contributed by atoms with van der Waals surface area (Å²) in [5.74, 6) is 0.278. The Hall–Kier alpha value is -3.06. The first-order chi connectivity index (χ1) is 14.1. The number of fused-ring (bicyclic) bond motifs is 1. The molecule has 4 N–H and O–H groups in total. The van der Waals surface area contributed by atoms with Gasteiger partial charge in [0.25, 0.3) is 5.91 Å². The molecule has 1 aromatic carbocycles. The molecule has 148 valence electrons. The molecule has 0 saturated heterocycles. The molecule has 2 heterocycles. The average Bonchev–Trinajstić information content (AvgIpc) is 3.17. The Kier molecular flexibility index (Phi) is 5.40. The van der Waals surface area contributed by atoms with Crippen molar-refractivity contribution in [2.75, 3.05) is 5.73 Å². The number of carbonyl (C=O) groups excluding carboxylic acids is 1. The van der Waals surface area contributed by atoms with Gasteiger partial charge in [-0.15, -0.1) is 11.3 Å². The molecule has 2 aromatic heterocycles. The number of hydrogen-bond acceptors (Lipinski definition) is 6. The molecule has 0 spiro atoms. The molecule has 1 aliphatic rings. The van der Waals surface area contributed by atoms with Gasteiger partial charge in [-0.3, -0.25) is 4.79 Å². The average molecular weight is 406 g/mol. The van der Waals surface area contributed by atoms with E-state index in [9.17, 15) is 4.79 Å². The summed E-state index contributed by atoms with van der Waals surface area (Å²) in [5.41, 5.74) is 11.3. The highest BCUT2D eigenvalue weighted by Gasteiger charge is 2.17. The molecule has 0 fully saturated rings. The molecule has 0 radical (unpaired) electrons. The van der Waals surface area contributed by atoms with Crippen LogP contribution in [0.5, 0.6) is 0 Å². The minimum atomic E-state index is -0.0115. The SMILES string of the molecule is Cc1cc(-c2ncnc(N)c2C=N)ccc1CNC(=O)c1cc2c(s1)CCCC2. The van der Waals surface area contributed by atoms with E-state index in [1.807, 2.05) is 25.1 Å². The van der Waals surface area contributed by atoms with Gasteiger partial charge in [-0.25, -0.2) is 9.97 Å². The lowest BCUT2D eigenvalue weighted by atomic mass is 9.99. The Labute approximate surface area is 173 Å². The highest BCUT2D eigenvalue weighted by molar-refractivity contribution is 7.14. The smallest absolute Gasteiger partial charge is 0.261 e. The maximum Gasteiger partial charge on any atom is 0.261 e. The normalized spacial score (nSPS) is 13.0. The second-order valence-electron chi connectivity index (χ2n) is 7.26. The summed E-state index contributed by atoms with van der Waals surface area (Å²) in [6.45, 7) is 2.47. The maximum absolute atomic E-state index is 12.6. The maximum atomic E-state index is 12.6. The largest absolute Gasteiger partial charge is 0.383 e. The van der Waals surface area contributed by atoms with E-state index in [0.29, 0.717) is 17.8 Å². The van der Waals surface area contributed by atoms with E-state index in [1.54, 1.807) is 11.3 Å². The van der Waals surface area contributed by atoms with Gasteiger partial charge in [-0.2, -0.15) is 0 Å². The lowest BCUT2D eigenvalue weighted by Gasteiger charge is -2.11. The lowest BCUT2D eigenvalue weighted by Crippen LogP contribution is -2.22. The van der Waals surface area contributed by atoms with Gasteiger partial charge >= 0.3 is 0 Å². The fraction of sp³-hybridized carbons (Fsp3) is 0.273. The fourth-order valence-electron chi connectivity index (χ4n) is 3.69. The van der Waals surface area contributed by atoms with Gasteiger partial charge in [0.1, 0.15) is 12.1 Å². The van der Waals surface area contributed by atoms with Gasteiger partial charge in [-0.1, -0.05) is 12.1 Å². The zero-order valence-corrected chi connectivity index (χ0v) is 17.1. The number of hydrogen-bond donors (Lipinski definition) is 3. The molecule has 0 unspecified atom stereocenters. The summed E-state index contributed by atoms with van der Waals surface area (Å²) in [7, 11) is 0. The zero-order chi connectivity index (χ0) is 20.4. The molecule has 0 atom stereocenters. The van der Waals surface area contributed by atoms with Crippen molar-refractivity contribution in [2.45, 2.75) is 39.2 Å². The van der Waals surface area contributed by atoms with E-state index in [0.717, 1.165) is 34.4 Å². The highest BCUT2D eigenvalue weighted by atomic mass is 32.1. The van der Waals surface area contributed by atoms with Crippen molar-refractivity contribution >= 4 is 29.3 Å². The minimum Gasteiger partial charge on any atom is -0.383 e. The number of aryl methyl sites for hydroxylation is 3. The van der Waals surface area contributed by atoms with Crippen molar-refractivity contribution in [3.8, 4) is 11.3 Å². The van der Waals surface area contributed by atoms with Crippen LogP contribution < -0.4 is 11.1 Å². The summed E-state index contributed by atoms with van der Waals surface area (Å²) in [5, 5.41) is 10.6. The second-order valence-corrected chi connectivity index (χ2v) is 8.39. The number of nitrogen functional groups attached to an aromatic ring is 1. The molecule has 0 bridgehead atoms. The van der Waals surface area contributed by atoms with Crippen LogP contribution in [0, 0.1) is 12.3 Å². The Morgan fingerprint density at radius 1 is 1.28 bits per heavy atom. The first-order valence-electron chi connectivity index (χ1n) is 9.67. The standard InChI is InChI=1S/C22H23N5OS/c1-13-8-15(20-17(10-23)21(24)27-12-26-20)6-7-16(13)11-25-22(28)19-9-14-4-2-3-5-18(14)29-19/h6-10,12,23H,2-5,11H2,1H3,(H,25,28)(H2,24,26,27). The van der Waals surface area contributed by atoms with Crippen molar-refractivity contribution in [2.24, 2.45) is 0 Å². The van der Waals surface area contributed by atoms with Crippen molar-refractivity contribution in [3.63, 3.8) is 0 Å². The van der Waals surface area contributed by atoms with Gasteiger partial charge < -0.3 is 16.5 Å². The third-order valence-corrected chi connectivity index (χ3v) is 6.57. The third-order valence-electron chi connectivity index (χ3n) is 5.33. The van der Waals surface area contributed by atoms with Crippen molar-refractivity contribution in [3.05, 3.63) is 62.6 Å². The van der Waals surface area contributed by atoms with Gasteiger partial charge in [0, 0.05) is 23.2 Å². The number of thiophene rings is 1. The first kappa shape index (κ1) is 19.3. The predicted octanol–water partition coefficient (Wildman–Crippen LogP) is 3.90. The number of nitrogens with zero attached hydrogens (tertiary/aromatic N) is 2. The number of benzene rings is 1. The predicted molar refractivity (Wildman–Crippen MR) is 117 cm³/mol. The number of amides is 1. The lowest BCUT2D eigenvalue weighted by molar-refractivity contribution is 0.0955. The Morgan fingerprint density at radius 3 is 2.86 bits per heavy atom. The van der Waals surface area contributed by atoms with Crippen LogP contribution in [0.2, 0.25) is 0 Å². The van der Waals surface area contributed by atoms with Crippen LogP contribution in [0.4, 0.5) is 5.82 Å². The van der Waals surface area contributed by atoms with Crippen LogP contribution >= 0.6 is 11.3 Å². The van der Waals surface area contributed by atoms with Gasteiger partial charge in [-0.05, 0) is 61.4 Å². The summed E-state index contributed by atoms with van der Waals surface area (Å²) in [6, 6.07) is 7.98. The highest BCUT2D eigenvalue weighted by Crippen LogP contribution is 2.30. The van der Waals surface area contributed by atoms with Crippen LogP contribution in [0.3, 0.4) is 0 Å². The molecule has 3 aromatic rings. The molecule has 4 rings (SSSR count). The number of rotatable bonds is 5. The van der Waals surface area contributed by atoms with Crippen molar-refractivity contribution in [1.29, 1.82) is 5.41 Å². The quantitative estimate of drug-likeness (QED) is 0.560. The van der Waals surface area contributed by atoms with E-state index in [4.69, 9.17) is 11.1 Å². The molecule has 0 saturated carbocycles. The summed E-state index contributed by atoms with van der Waals surface area (Å²) in [6.07, 6.45) is 7.20. The molecule has 0 aliphatic heterocycles. The molecular formula is C22H23N5OS. The van der Waals surface area contributed by atoms with Gasteiger partial charge in [0.15, 0.2) is 0 Å². The Balaban J connectivity index is 1.49. The molecule has 6 nitrogen and oxygen atoms in total. The van der Waals surface area contributed by atoms with E-state index < -0.39 is 0 Å². The fourth-order valence-corrected chi connectivity index (χ4v) is 4.86. The van der Waals surface area contributed by atoms with Gasteiger partial charge in [0.2, 0.25) is 0 Å². The van der Waals surface area contributed by atoms with E-state index in [1.165, 1.54) is 35.8 Å². The third kappa shape index (κ3) is 3.91. The topological polar surface area (TPSA) is 105 Å². The Morgan fingerprint density at radius 2 is 2.10 bits per heavy atom. The van der Waals surface area contributed by atoms with E-state index in [-0.39, 0.29) is 11.7 Å². The summed E-state index contributed by atoms with van der Waals surface area (Å²) < 4.78 is 0. The van der Waals surface area contributed by atoms with Crippen LogP contribution in [-0.4, -0.2) is 22.1 Å². The van der Waals surface area contributed by atoms with E-state index >= 15 is 0 Å².